The molecule has 1 aliphatic rings. The van der Waals surface area contributed by atoms with Crippen molar-refractivity contribution in [1.29, 1.82) is 0 Å². The maximum Gasteiger partial charge on any atom is 0.222 e. The van der Waals surface area contributed by atoms with Gasteiger partial charge in [0.05, 0.1) is 0 Å². The van der Waals surface area contributed by atoms with Gasteiger partial charge in [-0.15, -0.1) is 0 Å². The average molecular weight is 327 g/mol. The van der Waals surface area contributed by atoms with Crippen LogP contribution in [0.1, 0.15) is 61.3 Å². The van der Waals surface area contributed by atoms with E-state index in [0.717, 1.165) is 6.42 Å². The van der Waals surface area contributed by atoms with E-state index in [-0.39, 0.29) is 28.8 Å². The second kappa shape index (κ2) is 7.12. The van der Waals surface area contributed by atoms with Gasteiger partial charge in [-0.25, -0.2) is 0 Å². The number of fused-ring (bicyclic) bond motifs is 1. The third kappa shape index (κ3) is 3.99. The second-order valence-electron chi connectivity index (χ2n) is 7.28. The van der Waals surface area contributed by atoms with Crippen LogP contribution < -0.4 is 5.32 Å². The monoisotopic (exact) mass is 327 g/mol. The number of rotatable bonds is 6. The Kier molecular flexibility index (Phi) is 5.37. The molecule has 0 radical (unpaired) electrons. The highest BCUT2D eigenvalue weighted by molar-refractivity contribution is 6.24. The predicted octanol–water partition coefficient (Wildman–Crippen LogP) is 3.57. The Bertz CT molecular complexity index is 701. The first-order valence-corrected chi connectivity index (χ1v) is 8.41. The van der Waals surface area contributed by atoms with Crippen molar-refractivity contribution in [2.45, 2.75) is 40.5 Å². The van der Waals surface area contributed by atoms with E-state index in [0.29, 0.717) is 29.7 Å². The summed E-state index contributed by atoms with van der Waals surface area (Å²) in [6.07, 6.45) is 2.69. The van der Waals surface area contributed by atoms with Gasteiger partial charge in [0, 0.05) is 29.2 Å². The number of carbonyl (C=O) groups excluding carboxylic acids is 3. The van der Waals surface area contributed by atoms with Crippen molar-refractivity contribution in [2.75, 3.05) is 6.54 Å². The number of ketones is 2. The fourth-order valence-electron chi connectivity index (χ4n) is 2.77. The molecule has 1 aliphatic carbocycles. The summed E-state index contributed by atoms with van der Waals surface area (Å²) < 4.78 is 0. The Hall–Kier alpha value is -2.23. The highest BCUT2D eigenvalue weighted by Crippen LogP contribution is 2.30. The van der Waals surface area contributed by atoms with Gasteiger partial charge >= 0.3 is 0 Å². The molecule has 0 aromatic heterocycles. The van der Waals surface area contributed by atoms with Crippen LogP contribution in [-0.2, 0) is 4.79 Å². The molecule has 0 bridgehead atoms. The van der Waals surface area contributed by atoms with E-state index in [1.54, 1.807) is 24.3 Å². The van der Waals surface area contributed by atoms with Gasteiger partial charge in [-0.1, -0.05) is 52.0 Å². The van der Waals surface area contributed by atoms with E-state index < -0.39 is 0 Å². The molecule has 2 rings (SSSR count). The Balaban J connectivity index is 2.09. The van der Waals surface area contributed by atoms with Gasteiger partial charge in [0.15, 0.2) is 11.6 Å². The van der Waals surface area contributed by atoms with Gasteiger partial charge in [-0.3, -0.25) is 14.4 Å². The quantitative estimate of drug-likeness (QED) is 0.869. The third-order valence-electron chi connectivity index (χ3n) is 4.50. The minimum absolute atomic E-state index is 0.0233. The number of nitrogens with one attached hydrogen (secondary N) is 1. The number of carbonyl (C=O) groups is 3. The van der Waals surface area contributed by atoms with Gasteiger partial charge in [0.25, 0.3) is 0 Å². The molecule has 1 aromatic rings. The molecule has 4 heteroatoms. The van der Waals surface area contributed by atoms with Gasteiger partial charge in [0.1, 0.15) is 0 Å². The Labute approximate surface area is 143 Å². The average Bonchev–Trinajstić information content (AvgIpc) is 2.56. The van der Waals surface area contributed by atoms with Crippen LogP contribution in [0.5, 0.6) is 0 Å². The smallest absolute Gasteiger partial charge is 0.222 e. The minimum Gasteiger partial charge on any atom is -0.355 e. The fourth-order valence-corrected chi connectivity index (χ4v) is 2.77. The maximum absolute atomic E-state index is 12.6. The van der Waals surface area contributed by atoms with Crippen molar-refractivity contribution in [1.82, 2.24) is 5.32 Å². The molecule has 0 heterocycles. The SMILES string of the molecule is CCC(C)C(=O)NCC(C)(C)CC1=CC(=O)c2ccccc2C1=O. The van der Waals surface area contributed by atoms with Crippen molar-refractivity contribution in [3.63, 3.8) is 0 Å². The molecule has 1 aromatic carbocycles. The standard InChI is InChI=1S/C20H25NO3/c1-5-13(2)19(24)21-12-20(3,4)11-14-10-17(22)15-8-6-7-9-16(15)18(14)23/h6-10,13H,5,11-12H2,1-4H3,(H,21,24). The summed E-state index contributed by atoms with van der Waals surface area (Å²) in [4.78, 5) is 36.8. The summed E-state index contributed by atoms with van der Waals surface area (Å²) in [6.45, 7) is 8.32. The number of Topliss-reactive ketones (excluding diaryl/α,β-unsaturated/α-hetero) is 1. The van der Waals surface area contributed by atoms with Crippen molar-refractivity contribution >= 4 is 17.5 Å². The Morgan fingerprint density at radius 3 is 2.42 bits per heavy atom. The van der Waals surface area contributed by atoms with Crippen LogP contribution in [0.3, 0.4) is 0 Å². The first-order valence-electron chi connectivity index (χ1n) is 8.41. The lowest BCUT2D eigenvalue weighted by molar-refractivity contribution is -0.125. The summed E-state index contributed by atoms with van der Waals surface area (Å²) in [7, 11) is 0. The second-order valence-corrected chi connectivity index (χ2v) is 7.28. The molecule has 24 heavy (non-hydrogen) atoms. The van der Waals surface area contributed by atoms with Crippen molar-refractivity contribution in [3.05, 3.63) is 47.0 Å². The summed E-state index contributed by atoms with van der Waals surface area (Å²) in [6, 6.07) is 6.91. The number of hydrogen-bond donors (Lipinski definition) is 1. The van der Waals surface area contributed by atoms with Crippen LogP contribution in [0.4, 0.5) is 0 Å². The van der Waals surface area contributed by atoms with Crippen LogP contribution in [0.15, 0.2) is 35.9 Å². The van der Waals surface area contributed by atoms with Crippen molar-refractivity contribution in [3.8, 4) is 0 Å². The first kappa shape index (κ1) is 18.1. The van der Waals surface area contributed by atoms with Crippen molar-refractivity contribution in [2.24, 2.45) is 11.3 Å². The van der Waals surface area contributed by atoms with Crippen LogP contribution in [0.25, 0.3) is 0 Å². The molecular formula is C20H25NO3. The number of hydrogen-bond acceptors (Lipinski definition) is 3. The zero-order valence-corrected chi connectivity index (χ0v) is 14.8. The highest BCUT2D eigenvalue weighted by Gasteiger charge is 2.30. The number of benzene rings is 1. The highest BCUT2D eigenvalue weighted by atomic mass is 16.2. The summed E-state index contributed by atoms with van der Waals surface area (Å²) >= 11 is 0. The Morgan fingerprint density at radius 1 is 1.17 bits per heavy atom. The largest absolute Gasteiger partial charge is 0.355 e. The Morgan fingerprint density at radius 2 is 1.79 bits per heavy atom. The van der Waals surface area contributed by atoms with E-state index in [9.17, 15) is 14.4 Å². The normalized spacial score (nSPS) is 15.6. The van der Waals surface area contributed by atoms with E-state index in [4.69, 9.17) is 0 Å². The molecule has 1 N–H and O–H groups in total. The summed E-state index contributed by atoms with van der Waals surface area (Å²) in [5.74, 6) is -0.216. The predicted molar refractivity (Wildman–Crippen MR) is 94.0 cm³/mol. The minimum atomic E-state index is -0.308. The van der Waals surface area contributed by atoms with E-state index >= 15 is 0 Å². The number of amides is 1. The van der Waals surface area contributed by atoms with Crippen LogP contribution in [0.2, 0.25) is 0 Å². The topological polar surface area (TPSA) is 63.2 Å². The van der Waals surface area contributed by atoms with Crippen LogP contribution in [0, 0.1) is 11.3 Å². The lowest BCUT2D eigenvalue weighted by atomic mass is 9.79. The molecule has 0 spiro atoms. The molecule has 1 atom stereocenters. The molecule has 0 saturated carbocycles. The molecule has 0 fully saturated rings. The van der Waals surface area contributed by atoms with Crippen LogP contribution >= 0.6 is 0 Å². The fraction of sp³-hybridized carbons (Fsp3) is 0.450. The molecule has 0 aliphatic heterocycles. The molecule has 128 valence electrons. The zero-order chi connectivity index (χ0) is 17.9. The summed E-state index contributed by atoms with van der Waals surface area (Å²) in [5.41, 5.74) is 1.15. The summed E-state index contributed by atoms with van der Waals surface area (Å²) in [5, 5.41) is 2.95. The third-order valence-corrected chi connectivity index (χ3v) is 4.50. The molecule has 1 amide bonds. The van der Waals surface area contributed by atoms with E-state index in [2.05, 4.69) is 5.32 Å². The zero-order valence-electron chi connectivity index (χ0n) is 14.8. The van der Waals surface area contributed by atoms with Crippen molar-refractivity contribution < 1.29 is 14.4 Å². The van der Waals surface area contributed by atoms with Gasteiger partial charge in [-0.05, 0) is 24.3 Å². The lowest BCUT2D eigenvalue weighted by Crippen LogP contribution is -2.37. The lowest BCUT2D eigenvalue weighted by Gasteiger charge is -2.28. The van der Waals surface area contributed by atoms with Crippen LogP contribution in [-0.4, -0.2) is 24.0 Å². The van der Waals surface area contributed by atoms with E-state index in [1.807, 2.05) is 27.7 Å². The van der Waals surface area contributed by atoms with Gasteiger partial charge < -0.3 is 5.32 Å². The maximum atomic E-state index is 12.6. The molecule has 0 saturated heterocycles. The number of allylic oxidation sites excluding steroid dienone is 2. The van der Waals surface area contributed by atoms with Gasteiger partial charge in [-0.2, -0.15) is 0 Å². The van der Waals surface area contributed by atoms with Gasteiger partial charge in [0.2, 0.25) is 5.91 Å². The molecular weight excluding hydrogens is 302 g/mol. The van der Waals surface area contributed by atoms with E-state index in [1.165, 1.54) is 6.08 Å². The first-order chi connectivity index (χ1) is 11.2. The molecule has 4 nitrogen and oxygen atoms in total. The molecule has 1 unspecified atom stereocenters.